The van der Waals surface area contributed by atoms with Crippen LogP contribution in [-0.2, 0) is 19.1 Å². The molecule has 384 valence electrons. The molecule has 2 saturated heterocycles. The smallest absolute Gasteiger partial charge is 0.407 e. The van der Waals surface area contributed by atoms with E-state index < -0.39 is 35.1 Å². The van der Waals surface area contributed by atoms with E-state index in [0.29, 0.717) is 19.0 Å². The Morgan fingerprint density at radius 1 is 0.548 bits per heavy atom. The third kappa shape index (κ3) is 10.8. The Kier molecular flexibility index (Phi) is 14.7. The molecule has 73 heavy (non-hydrogen) atoms. The number of rotatable bonds is 12. The van der Waals surface area contributed by atoms with Crippen molar-refractivity contribution in [3.8, 4) is 50.7 Å². The molecule has 3 fully saturated rings. The molecule has 2 aliphatic heterocycles. The number of imidazole rings is 2. The van der Waals surface area contributed by atoms with Crippen LogP contribution in [0.2, 0.25) is 0 Å². The summed E-state index contributed by atoms with van der Waals surface area (Å²) in [5.41, 5.74) is 9.31. The number of H-pyrrole nitrogens is 2. The molecule has 4 N–H and O–H groups in total. The predicted octanol–water partition coefficient (Wildman–Crippen LogP) is 11.5. The van der Waals surface area contributed by atoms with Crippen molar-refractivity contribution in [1.82, 2.24) is 44.9 Å². The number of nitrogens with zero attached hydrogens (tertiary/aromatic N) is 5. The highest BCUT2D eigenvalue weighted by molar-refractivity contribution is 5.88. The number of hydrogen-bond donors (Lipinski definition) is 4. The monoisotopic (exact) mass is 990 g/mol. The summed E-state index contributed by atoms with van der Waals surface area (Å²) in [7, 11) is 2.60. The molecule has 6 aromatic rings. The van der Waals surface area contributed by atoms with Crippen molar-refractivity contribution >= 4 is 24.0 Å². The number of ether oxygens (including phenoxy) is 2. The highest BCUT2D eigenvalue weighted by atomic mass is 16.5. The van der Waals surface area contributed by atoms with Gasteiger partial charge in [0.05, 0.1) is 61.5 Å². The maximum absolute atomic E-state index is 14.0. The van der Waals surface area contributed by atoms with Gasteiger partial charge in [0.15, 0.2) is 0 Å². The van der Waals surface area contributed by atoms with Gasteiger partial charge in [-0.2, -0.15) is 0 Å². The Bertz CT molecular complexity index is 2730. The minimum Gasteiger partial charge on any atom is -0.453 e. The lowest BCUT2D eigenvalue weighted by Crippen LogP contribution is -2.54. The van der Waals surface area contributed by atoms with E-state index in [-0.39, 0.29) is 23.9 Å². The molecule has 0 radical (unpaired) electrons. The summed E-state index contributed by atoms with van der Waals surface area (Å²) in [4.78, 5) is 72.8. The van der Waals surface area contributed by atoms with Gasteiger partial charge in [-0.3, -0.25) is 9.59 Å². The van der Waals surface area contributed by atoms with Gasteiger partial charge < -0.3 is 44.4 Å². The van der Waals surface area contributed by atoms with Crippen molar-refractivity contribution in [2.75, 3.05) is 27.3 Å². The SMILES string of the molecule is COC(=O)N[C@H](C(=O)N1CCC[C@H]1c1ncc(-c2ccc(-c3ccc(-c4ccc(-c5cnc([C@@H]6CCCN6C(=O)[C@@H](NC(=O)OC)C(C)(C)C)[nH]5)cc4)n3-c3ccc(C4CCCCC4)cc3)cc2)[nH]1)C(C)(C)C. The van der Waals surface area contributed by atoms with E-state index in [4.69, 9.17) is 19.4 Å². The average Bonchev–Trinajstić information content (AvgIpc) is 4.26. The molecule has 0 unspecified atom stereocenters. The van der Waals surface area contributed by atoms with Crippen molar-refractivity contribution in [2.45, 2.75) is 129 Å². The van der Waals surface area contributed by atoms with Crippen LogP contribution in [0, 0.1) is 10.8 Å². The Labute approximate surface area is 428 Å². The topological polar surface area (TPSA) is 180 Å². The van der Waals surface area contributed by atoms with E-state index in [0.717, 1.165) is 88.0 Å². The number of hydrogen-bond acceptors (Lipinski definition) is 8. The number of benzene rings is 3. The summed E-state index contributed by atoms with van der Waals surface area (Å²) in [6, 6.07) is 28.6. The summed E-state index contributed by atoms with van der Waals surface area (Å²) < 4.78 is 12.1. The highest BCUT2D eigenvalue weighted by Gasteiger charge is 2.43. The number of methoxy groups -OCH3 is 2. The van der Waals surface area contributed by atoms with Gasteiger partial charge in [0, 0.05) is 18.8 Å². The molecular formula is C58H71N9O6. The van der Waals surface area contributed by atoms with Crippen LogP contribution in [0.1, 0.15) is 135 Å². The van der Waals surface area contributed by atoms with E-state index in [1.807, 2.05) is 63.7 Å². The van der Waals surface area contributed by atoms with Crippen molar-refractivity contribution in [3.05, 3.63) is 115 Å². The highest BCUT2D eigenvalue weighted by Crippen LogP contribution is 2.39. The van der Waals surface area contributed by atoms with Crippen LogP contribution in [0.3, 0.4) is 0 Å². The maximum Gasteiger partial charge on any atom is 0.407 e. The first-order valence-corrected chi connectivity index (χ1v) is 26.0. The zero-order valence-electron chi connectivity index (χ0n) is 43.6. The largest absolute Gasteiger partial charge is 0.453 e. The first kappa shape index (κ1) is 50.8. The number of carbonyl (C=O) groups is 4. The minimum absolute atomic E-state index is 0.151. The van der Waals surface area contributed by atoms with Gasteiger partial charge in [0.25, 0.3) is 0 Å². The normalized spacial score (nSPS) is 18.4. The Hall–Kier alpha value is -7.16. The zero-order chi connectivity index (χ0) is 51.6. The fourth-order valence-corrected chi connectivity index (χ4v) is 11.1. The maximum atomic E-state index is 14.0. The van der Waals surface area contributed by atoms with Gasteiger partial charge in [-0.1, -0.05) is 121 Å². The molecular weight excluding hydrogens is 919 g/mol. The van der Waals surface area contributed by atoms with Crippen LogP contribution >= 0.6 is 0 Å². The summed E-state index contributed by atoms with van der Waals surface area (Å²) in [6.07, 6.45) is 12.0. The third-order valence-corrected chi connectivity index (χ3v) is 15.1. The quantitative estimate of drug-likeness (QED) is 0.0935. The molecule has 3 aromatic carbocycles. The third-order valence-electron chi connectivity index (χ3n) is 15.1. The molecule has 4 amide bonds. The van der Waals surface area contributed by atoms with Gasteiger partial charge in [-0.15, -0.1) is 0 Å². The molecule has 0 spiro atoms. The molecule has 1 saturated carbocycles. The Balaban J connectivity index is 0.970. The molecule has 15 heteroatoms. The van der Waals surface area contributed by atoms with E-state index in [2.05, 4.69) is 110 Å². The summed E-state index contributed by atoms with van der Waals surface area (Å²) in [5, 5.41) is 5.54. The van der Waals surface area contributed by atoms with Gasteiger partial charge in [0.2, 0.25) is 11.8 Å². The molecule has 0 bridgehead atoms. The molecule has 15 nitrogen and oxygen atoms in total. The lowest BCUT2D eigenvalue weighted by Gasteiger charge is -2.35. The fourth-order valence-electron chi connectivity index (χ4n) is 11.1. The van der Waals surface area contributed by atoms with Crippen molar-refractivity contribution in [1.29, 1.82) is 0 Å². The second kappa shape index (κ2) is 21.1. The van der Waals surface area contributed by atoms with Crippen LogP contribution in [0.25, 0.3) is 50.7 Å². The number of carbonyl (C=O) groups excluding carboxylic acids is 4. The van der Waals surface area contributed by atoms with Gasteiger partial charge in [0.1, 0.15) is 23.7 Å². The first-order valence-electron chi connectivity index (χ1n) is 26.0. The number of amides is 4. The van der Waals surface area contributed by atoms with E-state index in [1.165, 1.54) is 51.9 Å². The number of aromatic nitrogens is 5. The second-order valence-electron chi connectivity index (χ2n) is 22.1. The summed E-state index contributed by atoms with van der Waals surface area (Å²) in [6.45, 7) is 12.8. The number of likely N-dealkylation sites (tertiary alicyclic amines) is 2. The van der Waals surface area contributed by atoms with Gasteiger partial charge >= 0.3 is 12.2 Å². The second-order valence-corrected chi connectivity index (χ2v) is 22.1. The van der Waals surface area contributed by atoms with Crippen LogP contribution in [-0.4, -0.2) is 97.7 Å². The first-order chi connectivity index (χ1) is 35.0. The summed E-state index contributed by atoms with van der Waals surface area (Å²) >= 11 is 0. The summed E-state index contributed by atoms with van der Waals surface area (Å²) in [5.74, 6) is 1.74. The van der Waals surface area contributed by atoms with Crippen molar-refractivity contribution < 1.29 is 28.7 Å². The van der Waals surface area contributed by atoms with Crippen molar-refractivity contribution in [2.24, 2.45) is 10.8 Å². The van der Waals surface area contributed by atoms with Gasteiger partial charge in [-0.25, -0.2) is 19.6 Å². The van der Waals surface area contributed by atoms with E-state index in [1.54, 1.807) is 0 Å². The number of aromatic amines is 2. The van der Waals surface area contributed by atoms with Crippen molar-refractivity contribution in [3.63, 3.8) is 0 Å². The average molecular weight is 990 g/mol. The molecule has 4 atom stereocenters. The van der Waals surface area contributed by atoms with E-state index in [9.17, 15) is 19.2 Å². The van der Waals surface area contributed by atoms with Crippen LogP contribution < -0.4 is 10.6 Å². The number of alkyl carbamates (subject to hydrolysis) is 2. The minimum atomic E-state index is -0.755. The lowest BCUT2D eigenvalue weighted by molar-refractivity contribution is -0.137. The molecule has 5 heterocycles. The fraction of sp³-hybridized carbons (Fsp3) is 0.448. The standard InChI is InChI=1S/C58H71N9O6/c1-57(2,3)49(63-55(70)72-7)53(68)65-32-12-16-47(65)51-59-34-43(61-51)38-18-22-40(23-19-38)45-30-31-46(67(45)42-28-26-37(27-29-42)36-14-10-9-11-15-36)41-24-20-39(21-25-41)44-35-60-52(62-44)48-17-13-33-66(48)54(69)50(58(4,5)6)64-56(71)73-8/h18-31,34-36,47-50H,9-17,32-33H2,1-8H3,(H,59,61)(H,60,62)(H,63,70)(H,64,71)/t47-,48-,49+,50+/m0/s1. The van der Waals surface area contributed by atoms with E-state index >= 15 is 0 Å². The zero-order valence-corrected chi connectivity index (χ0v) is 43.6. The van der Waals surface area contributed by atoms with Crippen LogP contribution in [0.4, 0.5) is 9.59 Å². The molecule has 3 aromatic heterocycles. The molecule has 1 aliphatic carbocycles. The van der Waals surface area contributed by atoms with Crippen LogP contribution in [0.15, 0.2) is 97.3 Å². The van der Waals surface area contributed by atoms with Crippen LogP contribution in [0.5, 0.6) is 0 Å². The lowest BCUT2D eigenvalue weighted by atomic mass is 9.84. The Morgan fingerprint density at radius 2 is 0.959 bits per heavy atom. The predicted molar refractivity (Wildman–Crippen MR) is 283 cm³/mol. The number of nitrogens with one attached hydrogen (secondary N) is 4. The Morgan fingerprint density at radius 3 is 1.36 bits per heavy atom. The molecule has 9 rings (SSSR count). The van der Waals surface area contributed by atoms with Gasteiger partial charge in [-0.05, 0) is 107 Å². The molecule has 3 aliphatic rings.